The summed E-state index contributed by atoms with van der Waals surface area (Å²) >= 11 is 0. The van der Waals surface area contributed by atoms with Gasteiger partial charge in [0.25, 0.3) is 5.91 Å². The number of imidazole rings is 1. The molecule has 3 aromatic heterocycles. The third-order valence-electron chi connectivity index (χ3n) is 5.28. The second-order valence-electron chi connectivity index (χ2n) is 7.21. The van der Waals surface area contributed by atoms with Gasteiger partial charge in [0.05, 0.1) is 23.0 Å². The van der Waals surface area contributed by atoms with Crippen LogP contribution in [0, 0.1) is 0 Å². The standard InChI is InChI=1S/C22H21N7O/c23-19(30)16-7-4-10-29-18(16)13-26-22(29)21-27-17-12-24-9-8-15(17)20(28-21)25-11-14-5-2-1-3-6-14/h1-7,10,13,24H,8-9,11-12H2,(H2,23,30)(H,25,27,28). The van der Waals surface area contributed by atoms with Gasteiger partial charge in [0.2, 0.25) is 0 Å². The number of nitrogens with zero attached hydrogens (tertiary/aromatic N) is 4. The lowest BCUT2D eigenvalue weighted by molar-refractivity contribution is 0.100. The van der Waals surface area contributed by atoms with E-state index in [1.807, 2.05) is 24.4 Å². The first-order chi connectivity index (χ1) is 14.7. The Bertz CT molecular complexity index is 1230. The molecule has 5 rings (SSSR count). The Morgan fingerprint density at radius 1 is 1.17 bits per heavy atom. The molecule has 1 aliphatic heterocycles. The molecule has 30 heavy (non-hydrogen) atoms. The monoisotopic (exact) mass is 399 g/mol. The van der Waals surface area contributed by atoms with Gasteiger partial charge < -0.3 is 16.4 Å². The quantitative estimate of drug-likeness (QED) is 0.474. The maximum absolute atomic E-state index is 11.8. The molecule has 8 nitrogen and oxygen atoms in total. The van der Waals surface area contributed by atoms with Gasteiger partial charge in [0, 0.05) is 24.8 Å². The fourth-order valence-electron chi connectivity index (χ4n) is 3.78. The number of nitrogens with one attached hydrogen (secondary N) is 2. The molecule has 4 N–H and O–H groups in total. The highest BCUT2D eigenvalue weighted by atomic mass is 16.1. The smallest absolute Gasteiger partial charge is 0.250 e. The number of carbonyl (C=O) groups excluding carboxylic acids is 1. The van der Waals surface area contributed by atoms with Gasteiger partial charge in [0.15, 0.2) is 11.6 Å². The number of hydrogen-bond donors (Lipinski definition) is 3. The summed E-state index contributed by atoms with van der Waals surface area (Å²) in [4.78, 5) is 25.9. The van der Waals surface area contributed by atoms with Crippen molar-refractivity contribution < 1.29 is 4.79 Å². The van der Waals surface area contributed by atoms with E-state index in [1.165, 1.54) is 5.56 Å². The van der Waals surface area contributed by atoms with Gasteiger partial charge >= 0.3 is 0 Å². The van der Waals surface area contributed by atoms with E-state index in [2.05, 4.69) is 27.8 Å². The van der Waals surface area contributed by atoms with Crippen molar-refractivity contribution in [1.82, 2.24) is 24.7 Å². The Balaban J connectivity index is 1.58. The highest BCUT2D eigenvalue weighted by molar-refractivity contribution is 5.99. The zero-order valence-corrected chi connectivity index (χ0v) is 16.3. The Morgan fingerprint density at radius 2 is 2.03 bits per heavy atom. The maximum Gasteiger partial charge on any atom is 0.250 e. The number of amides is 1. The van der Waals surface area contributed by atoms with Crippen LogP contribution in [0.4, 0.5) is 5.82 Å². The predicted octanol–water partition coefficient (Wildman–Crippen LogP) is 2.15. The molecule has 0 fully saturated rings. The lowest BCUT2D eigenvalue weighted by atomic mass is 10.1. The predicted molar refractivity (Wildman–Crippen MR) is 114 cm³/mol. The average Bonchev–Trinajstić information content (AvgIpc) is 3.22. The van der Waals surface area contributed by atoms with Gasteiger partial charge in [-0.05, 0) is 30.7 Å². The first-order valence-electron chi connectivity index (χ1n) is 9.85. The topological polar surface area (TPSA) is 110 Å². The molecule has 0 spiro atoms. The minimum absolute atomic E-state index is 0.415. The number of nitrogens with two attached hydrogens (primary N) is 1. The van der Waals surface area contributed by atoms with Crippen molar-refractivity contribution >= 4 is 17.2 Å². The third-order valence-corrected chi connectivity index (χ3v) is 5.28. The number of aromatic nitrogens is 4. The Hall–Kier alpha value is -3.78. The molecule has 1 amide bonds. The number of primary amides is 1. The number of fused-ring (bicyclic) bond motifs is 2. The lowest BCUT2D eigenvalue weighted by Gasteiger charge is -2.20. The minimum Gasteiger partial charge on any atom is -0.366 e. The molecule has 0 unspecified atom stereocenters. The molecule has 4 heterocycles. The second-order valence-corrected chi connectivity index (χ2v) is 7.21. The number of anilines is 1. The minimum atomic E-state index is -0.493. The zero-order valence-electron chi connectivity index (χ0n) is 16.3. The summed E-state index contributed by atoms with van der Waals surface area (Å²) in [6.07, 6.45) is 4.33. The summed E-state index contributed by atoms with van der Waals surface area (Å²) in [5, 5.41) is 6.85. The van der Waals surface area contributed by atoms with E-state index in [0.29, 0.717) is 35.8 Å². The number of benzene rings is 1. The van der Waals surface area contributed by atoms with E-state index in [9.17, 15) is 4.79 Å². The van der Waals surface area contributed by atoms with Crippen molar-refractivity contribution in [2.75, 3.05) is 11.9 Å². The van der Waals surface area contributed by atoms with Crippen molar-refractivity contribution in [2.24, 2.45) is 5.73 Å². The molecular weight excluding hydrogens is 378 g/mol. The van der Waals surface area contributed by atoms with Crippen LogP contribution in [0.5, 0.6) is 0 Å². The van der Waals surface area contributed by atoms with Crippen LogP contribution in [0.3, 0.4) is 0 Å². The van der Waals surface area contributed by atoms with Crippen molar-refractivity contribution in [2.45, 2.75) is 19.5 Å². The summed E-state index contributed by atoms with van der Waals surface area (Å²) in [6, 6.07) is 13.7. The van der Waals surface area contributed by atoms with Crippen LogP contribution in [0.1, 0.15) is 27.2 Å². The van der Waals surface area contributed by atoms with Crippen molar-refractivity contribution in [3.8, 4) is 11.6 Å². The first kappa shape index (κ1) is 18.3. The van der Waals surface area contributed by atoms with Gasteiger partial charge in [-0.2, -0.15) is 0 Å². The molecule has 4 aromatic rings. The molecule has 1 aliphatic rings. The van der Waals surface area contributed by atoms with Gasteiger partial charge in [-0.1, -0.05) is 30.3 Å². The van der Waals surface area contributed by atoms with Gasteiger partial charge in [0.1, 0.15) is 5.82 Å². The molecule has 0 bridgehead atoms. The Morgan fingerprint density at radius 3 is 2.87 bits per heavy atom. The molecule has 0 aliphatic carbocycles. The summed E-state index contributed by atoms with van der Waals surface area (Å²) in [7, 11) is 0. The summed E-state index contributed by atoms with van der Waals surface area (Å²) in [5.41, 5.74) is 9.83. The average molecular weight is 399 g/mol. The van der Waals surface area contributed by atoms with Gasteiger partial charge in [-0.3, -0.25) is 9.20 Å². The van der Waals surface area contributed by atoms with Crippen LogP contribution in [0.25, 0.3) is 17.2 Å². The van der Waals surface area contributed by atoms with E-state index >= 15 is 0 Å². The van der Waals surface area contributed by atoms with Crippen LogP contribution < -0.4 is 16.4 Å². The van der Waals surface area contributed by atoms with Crippen LogP contribution in [0.2, 0.25) is 0 Å². The van der Waals surface area contributed by atoms with E-state index in [4.69, 9.17) is 15.7 Å². The fourth-order valence-corrected chi connectivity index (χ4v) is 3.78. The fraction of sp³-hybridized carbons (Fsp3) is 0.182. The SMILES string of the molecule is NC(=O)c1cccn2c(-c3nc4c(c(NCc5ccccc5)n3)CCNC4)ncc12. The molecule has 0 saturated heterocycles. The van der Waals surface area contributed by atoms with E-state index in [1.54, 1.807) is 22.7 Å². The van der Waals surface area contributed by atoms with Crippen LogP contribution in [-0.4, -0.2) is 31.8 Å². The Kier molecular flexibility index (Phi) is 4.61. The van der Waals surface area contributed by atoms with Gasteiger partial charge in [-0.25, -0.2) is 15.0 Å². The number of pyridine rings is 1. The van der Waals surface area contributed by atoms with Crippen molar-refractivity contribution in [3.63, 3.8) is 0 Å². The molecule has 0 radical (unpaired) electrons. The highest BCUT2D eigenvalue weighted by Crippen LogP contribution is 2.26. The van der Waals surface area contributed by atoms with E-state index in [0.717, 1.165) is 30.0 Å². The number of hydrogen-bond acceptors (Lipinski definition) is 6. The number of carbonyl (C=O) groups is 1. The molecule has 1 aromatic carbocycles. The maximum atomic E-state index is 11.8. The molecular formula is C22H21N7O. The van der Waals surface area contributed by atoms with Crippen molar-refractivity contribution in [1.29, 1.82) is 0 Å². The zero-order chi connectivity index (χ0) is 20.5. The summed E-state index contributed by atoms with van der Waals surface area (Å²) in [5.74, 6) is 1.41. The van der Waals surface area contributed by atoms with E-state index in [-0.39, 0.29) is 0 Å². The second kappa shape index (κ2) is 7.57. The molecule has 8 heteroatoms. The Labute approximate surface area is 173 Å². The van der Waals surface area contributed by atoms with Crippen LogP contribution in [-0.2, 0) is 19.5 Å². The van der Waals surface area contributed by atoms with Crippen LogP contribution in [0.15, 0.2) is 54.9 Å². The largest absolute Gasteiger partial charge is 0.366 e. The normalized spacial score (nSPS) is 13.2. The van der Waals surface area contributed by atoms with Crippen LogP contribution >= 0.6 is 0 Å². The van der Waals surface area contributed by atoms with E-state index < -0.39 is 5.91 Å². The van der Waals surface area contributed by atoms with Gasteiger partial charge in [-0.15, -0.1) is 0 Å². The molecule has 0 atom stereocenters. The third kappa shape index (κ3) is 3.27. The molecule has 150 valence electrons. The summed E-state index contributed by atoms with van der Waals surface area (Å²) in [6.45, 7) is 2.25. The summed E-state index contributed by atoms with van der Waals surface area (Å²) < 4.78 is 1.80. The first-order valence-corrected chi connectivity index (χ1v) is 9.85. The molecule has 0 saturated carbocycles. The highest BCUT2D eigenvalue weighted by Gasteiger charge is 2.21. The number of rotatable bonds is 5. The lowest BCUT2D eigenvalue weighted by Crippen LogP contribution is -2.26. The van der Waals surface area contributed by atoms with Crippen molar-refractivity contribution in [3.05, 3.63) is 77.2 Å².